The lowest BCUT2D eigenvalue weighted by atomic mass is 10.0. The average molecular weight is 1020 g/mol. The van der Waals surface area contributed by atoms with Crippen LogP contribution in [0.3, 0.4) is 0 Å². The van der Waals surface area contributed by atoms with Gasteiger partial charge in [0.05, 0.1) is 0 Å². The van der Waals surface area contributed by atoms with Gasteiger partial charge in [0.25, 0.3) is 0 Å². The summed E-state index contributed by atoms with van der Waals surface area (Å²) in [6.45, 7) is 6.57. The Morgan fingerprint density at radius 2 is 0.521 bits per heavy atom. The molecule has 0 amide bonds. The van der Waals surface area contributed by atoms with Gasteiger partial charge in [-0.3, -0.25) is 14.4 Å². The van der Waals surface area contributed by atoms with Crippen molar-refractivity contribution >= 4 is 17.9 Å². The summed E-state index contributed by atoms with van der Waals surface area (Å²) in [5, 5.41) is 0. The molecule has 6 heteroatoms. The van der Waals surface area contributed by atoms with Crippen molar-refractivity contribution in [3.63, 3.8) is 0 Å². The molecule has 0 unspecified atom stereocenters. The maximum atomic E-state index is 12.9. The molecule has 0 radical (unpaired) electrons. The first-order valence-electron chi connectivity index (χ1n) is 31.4. The smallest absolute Gasteiger partial charge is 0.306 e. The molecule has 0 saturated heterocycles. The van der Waals surface area contributed by atoms with Gasteiger partial charge in [-0.25, -0.2) is 0 Å². The van der Waals surface area contributed by atoms with Crippen LogP contribution in [0.25, 0.3) is 0 Å². The Labute approximate surface area is 453 Å². The zero-order chi connectivity index (χ0) is 52.9. The molecule has 0 heterocycles. The first-order chi connectivity index (χ1) is 36.0. The third kappa shape index (κ3) is 59.6. The highest BCUT2D eigenvalue weighted by molar-refractivity contribution is 5.71. The highest BCUT2D eigenvalue weighted by atomic mass is 16.6. The quantitative estimate of drug-likeness (QED) is 0.0261. The number of rotatable bonds is 57. The Morgan fingerprint density at radius 3 is 0.904 bits per heavy atom. The Morgan fingerprint density at radius 1 is 0.274 bits per heavy atom. The fraction of sp³-hybridized carbons (Fsp3) is 0.776. The third-order valence-corrected chi connectivity index (χ3v) is 13.7. The van der Waals surface area contributed by atoms with Gasteiger partial charge in [-0.1, -0.05) is 286 Å². The number of carbonyl (C=O) groups excluding carboxylic acids is 3. The molecule has 0 aliphatic rings. The average Bonchev–Trinajstić information content (AvgIpc) is 3.39. The van der Waals surface area contributed by atoms with E-state index in [4.69, 9.17) is 14.2 Å². The SMILES string of the molecule is CCCCC/C=C\C/C=C\C/C=C\C/C=C\C/C=C\CCC(=O)OC[C@H](COC(=O)CCCCCCCCC/C=C\CCCCCC)OC(=O)CCCCCCCCCCCCCCCCCCCCCCC. The molecule has 73 heavy (non-hydrogen) atoms. The summed E-state index contributed by atoms with van der Waals surface area (Å²) < 4.78 is 16.9. The van der Waals surface area contributed by atoms with Crippen LogP contribution in [-0.2, 0) is 28.6 Å². The summed E-state index contributed by atoms with van der Waals surface area (Å²) in [6.07, 6.45) is 79.1. The number of hydrogen-bond donors (Lipinski definition) is 0. The molecule has 0 rings (SSSR count). The highest BCUT2D eigenvalue weighted by Gasteiger charge is 2.19. The second-order valence-corrected chi connectivity index (χ2v) is 21.0. The maximum absolute atomic E-state index is 12.9. The van der Waals surface area contributed by atoms with Gasteiger partial charge >= 0.3 is 17.9 Å². The van der Waals surface area contributed by atoms with E-state index >= 15 is 0 Å². The lowest BCUT2D eigenvalue weighted by Gasteiger charge is -2.18. The van der Waals surface area contributed by atoms with Crippen LogP contribution in [0.15, 0.2) is 72.9 Å². The Bertz CT molecular complexity index is 1360. The van der Waals surface area contributed by atoms with Gasteiger partial charge in [0.15, 0.2) is 6.10 Å². The second kappa shape index (κ2) is 61.4. The summed E-state index contributed by atoms with van der Waals surface area (Å²) in [5.74, 6) is -0.973. The zero-order valence-electron chi connectivity index (χ0n) is 48.4. The molecule has 0 spiro atoms. The Balaban J connectivity index is 4.44. The standard InChI is InChI=1S/C67H118O6/c1-4-7-10-13-16-19-22-25-28-30-32-33-35-37-40-43-46-49-52-55-58-61-67(70)73-64(62-71-65(68)59-56-53-50-47-44-41-38-27-24-21-18-15-12-9-6-3)63-72-66(69)60-57-54-51-48-45-42-39-36-34-31-29-26-23-20-17-14-11-8-5-2/h17,20-21,24,26,29,34,36,42,45,51,54,64H,4-16,18-19,22-23,25,27-28,30-33,35,37-41,43-44,46-50,52-53,55-63H2,1-3H3/b20-17-,24-21-,29-26-,36-34-,45-42-,54-51-/t64-/m0/s1. The number of carbonyl (C=O) groups is 3. The molecule has 0 aromatic heterocycles. The van der Waals surface area contributed by atoms with E-state index in [1.807, 2.05) is 6.08 Å². The maximum Gasteiger partial charge on any atom is 0.306 e. The van der Waals surface area contributed by atoms with Gasteiger partial charge in [0.1, 0.15) is 13.2 Å². The third-order valence-electron chi connectivity index (χ3n) is 13.7. The molecule has 0 aromatic rings. The molecule has 0 saturated carbocycles. The Kier molecular flexibility index (Phi) is 58.7. The predicted molar refractivity (Wildman–Crippen MR) is 316 cm³/mol. The first kappa shape index (κ1) is 69.8. The minimum Gasteiger partial charge on any atom is -0.462 e. The zero-order valence-corrected chi connectivity index (χ0v) is 48.4. The van der Waals surface area contributed by atoms with E-state index in [0.717, 1.165) is 64.2 Å². The van der Waals surface area contributed by atoms with Crippen LogP contribution >= 0.6 is 0 Å². The van der Waals surface area contributed by atoms with Crippen molar-refractivity contribution in [3.05, 3.63) is 72.9 Å². The molecule has 6 nitrogen and oxygen atoms in total. The molecular weight excluding hydrogens is 901 g/mol. The molecular formula is C67H118O6. The van der Waals surface area contributed by atoms with Crippen molar-refractivity contribution in [2.24, 2.45) is 0 Å². The summed E-state index contributed by atoms with van der Waals surface area (Å²) in [4.78, 5) is 38.2. The topological polar surface area (TPSA) is 78.9 Å². The van der Waals surface area contributed by atoms with Gasteiger partial charge < -0.3 is 14.2 Å². The van der Waals surface area contributed by atoms with Gasteiger partial charge in [-0.05, 0) is 83.5 Å². The summed E-state index contributed by atoms with van der Waals surface area (Å²) in [6, 6.07) is 0. The summed E-state index contributed by atoms with van der Waals surface area (Å²) in [7, 11) is 0. The van der Waals surface area contributed by atoms with Crippen LogP contribution in [0.5, 0.6) is 0 Å². The molecule has 0 N–H and O–H groups in total. The molecule has 0 fully saturated rings. The van der Waals surface area contributed by atoms with Crippen molar-refractivity contribution in [1.82, 2.24) is 0 Å². The number of esters is 3. The van der Waals surface area contributed by atoms with E-state index in [0.29, 0.717) is 19.3 Å². The fourth-order valence-corrected chi connectivity index (χ4v) is 8.95. The minimum atomic E-state index is -0.806. The van der Waals surface area contributed by atoms with Crippen LogP contribution in [0.4, 0.5) is 0 Å². The van der Waals surface area contributed by atoms with Crippen molar-refractivity contribution in [3.8, 4) is 0 Å². The van der Waals surface area contributed by atoms with E-state index in [1.54, 1.807) is 0 Å². The highest BCUT2D eigenvalue weighted by Crippen LogP contribution is 2.17. The lowest BCUT2D eigenvalue weighted by molar-refractivity contribution is -0.166. The number of ether oxygens (including phenoxy) is 3. The van der Waals surface area contributed by atoms with E-state index in [2.05, 4.69) is 87.6 Å². The number of hydrogen-bond acceptors (Lipinski definition) is 6. The van der Waals surface area contributed by atoms with E-state index in [-0.39, 0.29) is 37.5 Å². The van der Waals surface area contributed by atoms with Gasteiger partial charge in [0, 0.05) is 19.3 Å². The minimum absolute atomic E-state index is 0.0979. The first-order valence-corrected chi connectivity index (χ1v) is 31.4. The van der Waals surface area contributed by atoms with E-state index < -0.39 is 6.10 Å². The summed E-state index contributed by atoms with van der Waals surface area (Å²) >= 11 is 0. The molecule has 0 aliphatic carbocycles. The van der Waals surface area contributed by atoms with Crippen molar-refractivity contribution in [1.29, 1.82) is 0 Å². The second-order valence-electron chi connectivity index (χ2n) is 21.0. The predicted octanol–water partition coefficient (Wildman–Crippen LogP) is 21.3. The molecule has 0 aromatic carbocycles. The van der Waals surface area contributed by atoms with E-state index in [9.17, 15) is 14.4 Å². The largest absolute Gasteiger partial charge is 0.462 e. The van der Waals surface area contributed by atoms with Crippen LogP contribution in [-0.4, -0.2) is 37.2 Å². The number of allylic oxidation sites excluding steroid dienone is 12. The summed E-state index contributed by atoms with van der Waals surface area (Å²) in [5.41, 5.74) is 0. The van der Waals surface area contributed by atoms with Gasteiger partial charge in [0.2, 0.25) is 0 Å². The molecule has 422 valence electrons. The van der Waals surface area contributed by atoms with Crippen molar-refractivity contribution in [2.75, 3.05) is 13.2 Å². The van der Waals surface area contributed by atoms with Crippen LogP contribution in [0.2, 0.25) is 0 Å². The van der Waals surface area contributed by atoms with E-state index in [1.165, 1.54) is 205 Å². The Hall–Kier alpha value is -3.15. The monoisotopic (exact) mass is 1020 g/mol. The van der Waals surface area contributed by atoms with Crippen LogP contribution in [0.1, 0.15) is 316 Å². The molecule has 0 bridgehead atoms. The number of unbranched alkanes of at least 4 members (excludes halogenated alkanes) is 34. The van der Waals surface area contributed by atoms with Crippen molar-refractivity contribution in [2.45, 2.75) is 322 Å². The molecule has 1 atom stereocenters. The van der Waals surface area contributed by atoms with Crippen LogP contribution < -0.4 is 0 Å². The van der Waals surface area contributed by atoms with Crippen molar-refractivity contribution < 1.29 is 28.6 Å². The van der Waals surface area contributed by atoms with Gasteiger partial charge in [-0.15, -0.1) is 0 Å². The lowest BCUT2D eigenvalue weighted by Crippen LogP contribution is -2.30. The van der Waals surface area contributed by atoms with Gasteiger partial charge in [-0.2, -0.15) is 0 Å². The molecule has 0 aliphatic heterocycles. The van der Waals surface area contributed by atoms with Crippen LogP contribution in [0, 0.1) is 0 Å². The fourth-order valence-electron chi connectivity index (χ4n) is 8.95. The normalized spacial score (nSPS) is 12.5.